The SMILES string of the molecule is O=C(O)c1cccc(-c2nc(C(=O)O)c(C(=O)O)[nH]2)c1. The van der Waals surface area contributed by atoms with Gasteiger partial charge in [-0.25, -0.2) is 19.4 Å². The smallest absolute Gasteiger partial charge is 0.357 e. The van der Waals surface area contributed by atoms with Gasteiger partial charge in [0.15, 0.2) is 11.4 Å². The lowest BCUT2D eigenvalue weighted by Gasteiger charge is -1.98. The molecule has 8 nitrogen and oxygen atoms in total. The van der Waals surface area contributed by atoms with Crippen molar-refractivity contribution in [2.24, 2.45) is 0 Å². The number of benzene rings is 1. The Bertz CT molecular complexity index is 687. The number of nitrogens with one attached hydrogen (secondary N) is 1. The standard InChI is InChI=1S/C12H8N2O6/c15-10(16)6-3-1-2-5(4-6)9-13-7(11(17)18)8(14-9)12(19)20/h1-4H,(H,13,14)(H,15,16)(H,17,18)(H,19,20). The topological polar surface area (TPSA) is 141 Å². The van der Waals surface area contributed by atoms with E-state index in [4.69, 9.17) is 15.3 Å². The highest BCUT2D eigenvalue weighted by molar-refractivity contribution is 5.99. The van der Waals surface area contributed by atoms with Gasteiger partial charge in [0.1, 0.15) is 5.82 Å². The number of H-pyrrole nitrogens is 1. The van der Waals surface area contributed by atoms with Crippen LogP contribution < -0.4 is 0 Å². The van der Waals surface area contributed by atoms with Gasteiger partial charge in [-0.05, 0) is 12.1 Å². The highest BCUT2D eigenvalue weighted by atomic mass is 16.4. The Kier molecular flexibility index (Phi) is 3.21. The third kappa shape index (κ3) is 2.34. The maximum absolute atomic E-state index is 10.9. The second-order valence-corrected chi connectivity index (χ2v) is 3.81. The molecule has 8 heteroatoms. The molecule has 0 aliphatic heterocycles. The van der Waals surface area contributed by atoms with Crippen molar-refractivity contribution in [1.82, 2.24) is 9.97 Å². The first kappa shape index (κ1) is 13.3. The molecule has 0 aliphatic carbocycles. The third-order valence-electron chi connectivity index (χ3n) is 2.50. The number of carbonyl (C=O) groups is 3. The zero-order chi connectivity index (χ0) is 14.9. The average Bonchev–Trinajstić information content (AvgIpc) is 2.84. The summed E-state index contributed by atoms with van der Waals surface area (Å²) in [5.74, 6) is -4.13. The fourth-order valence-corrected chi connectivity index (χ4v) is 1.62. The van der Waals surface area contributed by atoms with Crippen LogP contribution in [0.25, 0.3) is 11.4 Å². The minimum atomic E-state index is -1.49. The van der Waals surface area contributed by atoms with E-state index in [2.05, 4.69) is 9.97 Å². The summed E-state index contributed by atoms with van der Waals surface area (Å²) >= 11 is 0. The molecule has 1 heterocycles. The first-order chi connectivity index (χ1) is 9.40. The lowest BCUT2D eigenvalue weighted by atomic mass is 10.1. The number of hydrogen-bond acceptors (Lipinski definition) is 4. The molecule has 0 spiro atoms. The van der Waals surface area contributed by atoms with E-state index in [0.717, 1.165) is 0 Å². The molecule has 0 bridgehead atoms. The Balaban J connectivity index is 2.56. The second kappa shape index (κ2) is 4.84. The van der Waals surface area contributed by atoms with Crippen LogP contribution in [0.1, 0.15) is 31.3 Å². The molecule has 1 aromatic heterocycles. The molecule has 2 aromatic rings. The van der Waals surface area contributed by atoms with E-state index in [-0.39, 0.29) is 17.0 Å². The van der Waals surface area contributed by atoms with E-state index in [1.807, 2.05) is 0 Å². The van der Waals surface area contributed by atoms with E-state index < -0.39 is 29.3 Å². The zero-order valence-corrected chi connectivity index (χ0v) is 9.82. The van der Waals surface area contributed by atoms with E-state index in [9.17, 15) is 14.4 Å². The highest BCUT2D eigenvalue weighted by Gasteiger charge is 2.22. The van der Waals surface area contributed by atoms with Crippen LogP contribution >= 0.6 is 0 Å². The van der Waals surface area contributed by atoms with Crippen LogP contribution in [0.15, 0.2) is 24.3 Å². The van der Waals surface area contributed by atoms with E-state index >= 15 is 0 Å². The maximum atomic E-state index is 10.9. The van der Waals surface area contributed by atoms with Crippen molar-refractivity contribution in [3.8, 4) is 11.4 Å². The average molecular weight is 276 g/mol. The molecule has 0 aliphatic rings. The number of imidazole rings is 1. The molecule has 20 heavy (non-hydrogen) atoms. The summed E-state index contributed by atoms with van der Waals surface area (Å²) in [6.07, 6.45) is 0. The molecule has 0 radical (unpaired) electrons. The monoisotopic (exact) mass is 276 g/mol. The summed E-state index contributed by atoms with van der Waals surface area (Å²) < 4.78 is 0. The minimum absolute atomic E-state index is 0.0207. The quantitative estimate of drug-likeness (QED) is 0.656. The van der Waals surface area contributed by atoms with E-state index in [1.165, 1.54) is 24.3 Å². The van der Waals surface area contributed by atoms with Crippen LogP contribution in [-0.2, 0) is 0 Å². The molecular weight excluding hydrogens is 268 g/mol. The van der Waals surface area contributed by atoms with Gasteiger partial charge in [-0.1, -0.05) is 12.1 Å². The van der Waals surface area contributed by atoms with Gasteiger partial charge in [0.05, 0.1) is 5.56 Å². The highest BCUT2D eigenvalue weighted by Crippen LogP contribution is 2.20. The van der Waals surface area contributed by atoms with Crippen LogP contribution in [0.5, 0.6) is 0 Å². The summed E-state index contributed by atoms with van der Waals surface area (Å²) in [7, 11) is 0. The molecule has 1 aromatic carbocycles. The number of aromatic amines is 1. The van der Waals surface area contributed by atoms with Gasteiger partial charge in [-0.2, -0.15) is 0 Å². The van der Waals surface area contributed by atoms with Gasteiger partial charge in [0.25, 0.3) is 0 Å². The maximum Gasteiger partial charge on any atom is 0.357 e. The number of rotatable bonds is 4. The fraction of sp³-hybridized carbons (Fsp3) is 0. The van der Waals surface area contributed by atoms with E-state index in [0.29, 0.717) is 0 Å². The zero-order valence-electron chi connectivity index (χ0n) is 9.82. The predicted molar refractivity (Wildman–Crippen MR) is 64.9 cm³/mol. The molecule has 0 atom stereocenters. The Morgan fingerprint density at radius 2 is 1.70 bits per heavy atom. The number of hydrogen-bond donors (Lipinski definition) is 4. The largest absolute Gasteiger partial charge is 0.478 e. The first-order valence-corrected chi connectivity index (χ1v) is 5.30. The van der Waals surface area contributed by atoms with Gasteiger partial charge >= 0.3 is 17.9 Å². The van der Waals surface area contributed by atoms with E-state index in [1.54, 1.807) is 0 Å². The Labute approximate surface area is 111 Å². The lowest BCUT2D eigenvalue weighted by Crippen LogP contribution is -2.07. The molecule has 0 saturated heterocycles. The molecule has 102 valence electrons. The summed E-state index contributed by atoms with van der Waals surface area (Å²) in [5, 5.41) is 26.6. The predicted octanol–water partition coefficient (Wildman–Crippen LogP) is 1.17. The first-order valence-electron chi connectivity index (χ1n) is 5.30. The van der Waals surface area contributed by atoms with Crippen LogP contribution in [-0.4, -0.2) is 43.2 Å². The van der Waals surface area contributed by atoms with Crippen molar-refractivity contribution in [3.63, 3.8) is 0 Å². The summed E-state index contributed by atoms with van der Waals surface area (Å²) in [4.78, 5) is 38.7. The van der Waals surface area contributed by atoms with Crippen molar-refractivity contribution in [2.75, 3.05) is 0 Å². The Morgan fingerprint density at radius 3 is 2.20 bits per heavy atom. The third-order valence-corrected chi connectivity index (χ3v) is 2.50. The van der Waals surface area contributed by atoms with Crippen LogP contribution in [0.4, 0.5) is 0 Å². The second-order valence-electron chi connectivity index (χ2n) is 3.81. The van der Waals surface area contributed by atoms with Gasteiger partial charge < -0.3 is 20.3 Å². The number of carboxylic acid groups (broad SMARTS) is 3. The van der Waals surface area contributed by atoms with Crippen molar-refractivity contribution in [3.05, 3.63) is 41.2 Å². The lowest BCUT2D eigenvalue weighted by molar-refractivity contribution is 0.0644. The molecular formula is C12H8N2O6. The van der Waals surface area contributed by atoms with Crippen LogP contribution in [0, 0.1) is 0 Å². The Hall–Kier alpha value is -3.16. The molecule has 0 fully saturated rings. The normalized spacial score (nSPS) is 10.2. The van der Waals surface area contributed by atoms with Crippen LogP contribution in [0.2, 0.25) is 0 Å². The minimum Gasteiger partial charge on any atom is -0.478 e. The van der Waals surface area contributed by atoms with Gasteiger partial charge in [0, 0.05) is 5.56 Å². The molecule has 2 rings (SSSR count). The van der Waals surface area contributed by atoms with Gasteiger partial charge in [0.2, 0.25) is 0 Å². The molecule has 0 saturated carbocycles. The number of aromatic nitrogens is 2. The molecule has 0 amide bonds. The number of aromatic carboxylic acids is 3. The van der Waals surface area contributed by atoms with Gasteiger partial charge in [-0.3, -0.25) is 0 Å². The van der Waals surface area contributed by atoms with Crippen molar-refractivity contribution >= 4 is 17.9 Å². The van der Waals surface area contributed by atoms with Crippen molar-refractivity contribution in [2.45, 2.75) is 0 Å². The fourth-order valence-electron chi connectivity index (χ4n) is 1.62. The summed E-state index contributed by atoms with van der Waals surface area (Å²) in [6.45, 7) is 0. The van der Waals surface area contributed by atoms with Crippen LogP contribution in [0.3, 0.4) is 0 Å². The van der Waals surface area contributed by atoms with Gasteiger partial charge in [-0.15, -0.1) is 0 Å². The molecule has 4 N–H and O–H groups in total. The van der Waals surface area contributed by atoms with Crippen molar-refractivity contribution < 1.29 is 29.7 Å². The number of nitrogens with zero attached hydrogens (tertiary/aromatic N) is 1. The number of carboxylic acids is 3. The summed E-state index contributed by atoms with van der Waals surface area (Å²) in [6, 6.07) is 5.55. The van der Waals surface area contributed by atoms with Crippen molar-refractivity contribution in [1.29, 1.82) is 0 Å². The Morgan fingerprint density at radius 1 is 1.00 bits per heavy atom. The molecule has 0 unspecified atom stereocenters. The summed E-state index contributed by atoms with van der Waals surface area (Å²) in [5.41, 5.74) is -0.936.